The average Bonchev–Trinajstić information content (AvgIpc) is 2.38. The zero-order valence-electron chi connectivity index (χ0n) is 12.7. The van der Waals surface area contributed by atoms with E-state index in [2.05, 4.69) is 10.0 Å². The maximum atomic E-state index is 11.8. The Morgan fingerprint density at radius 2 is 1.73 bits per heavy atom. The molecule has 0 radical (unpaired) electrons. The van der Waals surface area contributed by atoms with Gasteiger partial charge in [0.25, 0.3) is 0 Å². The number of carbonyl (C=O) groups excluding carboxylic acids is 1. The highest BCUT2D eigenvalue weighted by Crippen LogP contribution is 2.11. The van der Waals surface area contributed by atoms with E-state index in [1.165, 1.54) is 38.1 Å². The first kappa shape index (κ1) is 18.1. The molecule has 0 saturated heterocycles. The Balaban J connectivity index is 2.77. The Morgan fingerprint density at radius 1 is 1.18 bits per heavy atom. The van der Waals surface area contributed by atoms with Gasteiger partial charge in [-0.2, -0.15) is 0 Å². The van der Waals surface area contributed by atoms with Gasteiger partial charge in [-0.25, -0.2) is 17.9 Å². The molecular weight excluding hydrogens is 308 g/mol. The monoisotopic (exact) mass is 328 g/mol. The highest BCUT2D eigenvalue weighted by molar-refractivity contribution is 7.89. The molecule has 0 unspecified atom stereocenters. The molecule has 0 spiro atoms. The first-order valence-electron chi connectivity index (χ1n) is 6.71. The predicted octanol–water partition coefficient (Wildman–Crippen LogP) is 0.507. The maximum Gasteiger partial charge on any atom is 0.328 e. The van der Waals surface area contributed by atoms with Crippen LogP contribution >= 0.6 is 0 Å². The molecule has 0 aliphatic carbocycles. The van der Waals surface area contributed by atoms with Gasteiger partial charge in [-0.3, -0.25) is 4.79 Å². The van der Waals surface area contributed by atoms with Crippen LogP contribution in [0.1, 0.15) is 26.3 Å². The average molecular weight is 328 g/mol. The number of hydrogen-bond donors (Lipinski definition) is 3. The van der Waals surface area contributed by atoms with Crippen molar-refractivity contribution in [1.82, 2.24) is 10.0 Å². The molecule has 122 valence electrons. The van der Waals surface area contributed by atoms with Crippen LogP contribution in [0.4, 0.5) is 0 Å². The normalized spacial score (nSPS) is 12.0. The summed E-state index contributed by atoms with van der Waals surface area (Å²) in [4.78, 5) is 22.9. The van der Waals surface area contributed by atoms with Crippen molar-refractivity contribution in [3.8, 4) is 0 Å². The molecule has 0 aromatic heterocycles. The smallest absolute Gasteiger partial charge is 0.328 e. The van der Waals surface area contributed by atoms with Gasteiger partial charge in [0.15, 0.2) is 0 Å². The van der Waals surface area contributed by atoms with Gasteiger partial charge in [-0.15, -0.1) is 0 Å². The van der Waals surface area contributed by atoms with Crippen LogP contribution < -0.4 is 10.0 Å². The number of carboxylic acid groups (broad SMARTS) is 1. The molecule has 0 bridgehead atoms. The fraction of sp³-hybridized carbons (Fsp3) is 0.429. The van der Waals surface area contributed by atoms with Gasteiger partial charge in [0.1, 0.15) is 5.54 Å². The van der Waals surface area contributed by atoms with Gasteiger partial charge >= 0.3 is 5.97 Å². The van der Waals surface area contributed by atoms with Gasteiger partial charge in [0.05, 0.1) is 11.3 Å². The van der Waals surface area contributed by atoms with E-state index >= 15 is 0 Å². The van der Waals surface area contributed by atoms with Crippen LogP contribution in [0.3, 0.4) is 0 Å². The first-order chi connectivity index (χ1) is 10.1. The fourth-order valence-electron chi connectivity index (χ4n) is 1.69. The molecule has 0 saturated carbocycles. The summed E-state index contributed by atoms with van der Waals surface area (Å²) in [5.41, 5.74) is -0.764. The van der Waals surface area contributed by atoms with E-state index in [1.54, 1.807) is 6.92 Å². The minimum atomic E-state index is -3.52. The molecule has 7 nitrogen and oxygen atoms in total. The molecule has 0 atom stereocenters. The van der Waals surface area contributed by atoms with Crippen molar-refractivity contribution in [2.75, 3.05) is 6.54 Å². The van der Waals surface area contributed by atoms with Gasteiger partial charge in [0.2, 0.25) is 15.9 Å². The van der Waals surface area contributed by atoms with Crippen molar-refractivity contribution in [2.24, 2.45) is 0 Å². The minimum absolute atomic E-state index is 0.0295. The number of aliphatic carboxylic acids is 1. The first-order valence-corrected chi connectivity index (χ1v) is 8.20. The molecule has 1 rings (SSSR count). The second kappa shape index (κ2) is 6.89. The number of carboxylic acids is 1. The van der Waals surface area contributed by atoms with Crippen molar-refractivity contribution in [3.63, 3.8) is 0 Å². The van der Waals surface area contributed by atoms with E-state index in [9.17, 15) is 18.0 Å². The molecule has 0 aliphatic heterocycles. The third-order valence-corrected chi connectivity index (χ3v) is 4.48. The Hall–Kier alpha value is -1.93. The second-order valence-electron chi connectivity index (χ2n) is 5.30. The number of hydrogen-bond acceptors (Lipinski definition) is 4. The summed E-state index contributed by atoms with van der Waals surface area (Å²) in [7, 11) is -3.52. The van der Waals surface area contributed by atoms with E-state index in [0.29, 0.717) is 5.56 Å². The van der Waals surface area contributed by atoms with Crippen molar-refractivity contribution >= 4 is 21.9 Å². The van der Waals surface area contributed by atoms with Crippen LogP contribution in [-0.4, -0.2) is 37.5 Å². The van der Waals surface area contributed by atoms with Crippen molar-refractivity contribution in [2.45, 2.75) is 37.6 Å². The molecule has 0 aliphatic rings. The van der Waals surface area contributed by atoms with Gasteiger partial charge < -0.3 is 10.4 Å². The zero-order chi connectivity index (χ0) is 17.0. The summed E-state index contributed by atoms with van der Waals surface area (Å²) in [6.45, 7) is 4.75. The summed E-state index contributed by atoms with van der Waals surface area (Å²) in [6, 6.07) is 5.86. The summed E-state index contributed by atoms with van der Waals surface area (Å²) in [5.74, 6) is -1.58. The fourth-order valence-corrected chi connectivity index (χ4v) is 2.73. The van der Waals surface area contributed by atoms with E-state index in [0.717, 1.165) is 0 Å². The Morgan fingerprint density at radius 3 is 2.18 bits per heavy atom. The molecule has 1 amide bonds. The Kier molecular flexibility index (Phi) is 5.67. The number of amides is 1. The van der Waals surface area contributed by atoms with E-state index in [-0.39, 0.29) is 17.9 Å². The lowest BCUT2D eigenvalue weighted by molar-refractivity contribution is -0.145. The van der Waals surface area contributed by atoms with Crippen molar-refractivity contribution in [3.05, 3.63) is 29.8 Å². The van der Waals surface area contributed by atoms with Crippen LogP contribution in [0.15, 0.2) is 29.2 Å². The predicted molar refractivity (Wildman–Crippen MR) is 80.9 cm³/mol. The Bertz CT molecular complexity index is 650. The molecule has 1 aromatic carbocycles. The number of carbonyl (C=O) groups is 2. The zero-order valence-corrected chi connectivity index (χ0v) is 13.5. The third kappa shape index (κ3) is 4.81. The molecule has 8 heteroatoms. The largest absolute Gasteiger partial charge is 0.480 e. The SMILES string of the molecule is CCNS(=O)(=O)c1ccc(CC(=O)NC(C)(C)C(=O)O)cc1. The standard InChI is InChI=1S/C14H20N2O5S/c1-4-15-22(20,21)11-7-5-10(6-8-11)9-12(17)16-14(2,3)13(18)19/h5-8,15H,4,9H2,1-3H3,(H,16,17)(H,18,19). The highest BCUT2D eigenvalue weighted by atomic mass is 32.2. The van der Waals surface area contributed by atoms with Crippen LogP contribution in [0, 0.1) is 0 Å². The second-order valence-corrected chi connectivity index (χ2v) is 7.07. The van der Waals surface area contributed by atoms with E-state index in [4.69, 9.17) is 5.11 Å². The lowest BCUT2D eigenvalue weighted by atomic mass is 10.1. The maximum absolute atomic E-state index is 11.8. The van der Waals surface area contributed by atoms with Gasteiger partial charge in [-0.05, 0) is 31.5 Å². The molecule has 0 fully saturated rings. The molecule has 0 heterocycles. The number of rotatable bonds is 7. The van der Waals surface area contributed by atoms with Crippen LogP contribution in [-0.2, 0) is 26.0 Å². The number of sulfonamides is 1. The van der Waals surface area contributed by atoms with E-state index in [1.807, 2.05) is 0 Å². The summed E-state index contributed by atoms with van der Waals surface area (Å²) in [6.07, 6.45) is -0.0295. The van der Waals surface area contributed by atoms with Crippen LogP contribution in [0.5, 0.6) is 0 Å². The summed E-state index contributed by atoms with van der Waals surface area (Å²) in [5, 5.41) is 11.3. The summed E-state index contributed by atoms with van der Waals surface area (Å²) < 4.78 is 25.9. The van der Waals surface area contributed by atoms with Gasteiger partial charge in [0, 0.05) is 6.54 Å². The van der Waals surface area contributed by atoms with Crippen molar-refractivity contribution < 1.29 is 23.1 Å². The lowest BCUT2D eigenvalue weighted by Crippen LogP contribution is -2.50. The molecular formula is C14H20N2O5S. The highest BCUT2D eigenvalue weighted by Gasteiger charge is 2.28. The quantitative estimate of drug-likeness (QED) is 0.675. The van der Waals surface area contributed by atoms with E-state index < -0.39 is 27.4 Å². The minimum Gasteiger partial charge on any atom is -0.480 e. The lowest BCUT2D eigenvalue weighted by Gasteiger charge is -2.20. The van der Waals surface area contributed by atoms with Gasteiger partial charge in [-0.1, -0.05) is 19.1 Å². The van der Waals surface area contributed by atoms with Crippen LogP contribution in [0.2, 0.25) is 0 Å². The number of nitrogens with one attached hydrogen (secondary N) is 2. The third-order valence-electron chi connectivity index (χ3n) is 2.92. The molecule has 3 N–H and O–H groups in total. The van der Waals surface area contributed by atoms with Crippen molar-refractivity contribution in [1.29, 1.82) is 0 Å². The summed E-state index contributed by atoms with van der Waals surface area (Å²) >= 11 is 0. The number of benzene rings is 1. The topological polar surface area (TPSA) is 113 Å². The molecule has 22 heavy (non-hydrogen) atoms. The van der Waals surface area contributed by atoms with Crippen LogP contribution in [0.25, 0.3) is 0 Å². The Labute approximate surface area is 129 Å². The molecule has 1 aromatic rings.